The van der Waals surface area contributed by atoms with Gasteiger partial charge in [0.2, 0.25) is 0 Å². The third-order valence-electron chi connectivity index (χ3n) is 4.60. The van der Waals surface area contributed by atoms with Crippen molar-refractivity contribution in [1.29, 1.82) is 0 Å². The first kappa shape index (κ1) is 14.1. The zero-order valence-corrected chi connectivity index (χ0v) is 13.3. The molecule has 2 aliphatic rings. The molecule has 0 aromatic heterocycles. The second-order valence-electron chi connectivity index (χ2n) is 6.12. The predicted octanol–water partition coefficient (Wildman–Crippen LogP) is 3.05. The van der Waals surface area contributed by atoms with E-state index < -0.39 is 0 Å². The smallest absolute Gasteiger partial charge is 0.253 e. The fourth-order valence-corrected chi connectivity index (χ4v) is 3.80. The quantitative estimate of drug-likeness (QED) is 0.854. The molecule has 0 aliphatic carbocycles. The Bertz CT molecular complexity index is 474. The van der Waals surface area contributed by atoms with Crippen LogP contribution in [0, 0.1) is 5.41 Å². The summed E-state index contributed by atoms with van der Waals surface area (Å²) >= 11 is 3.41. The molecule has 20 heavy (non-hydrogen) atoms. The molecule has 108 valence electrons. The van der Waals surface area contributed by atoms with Gasteiger partial charge in [0.05, 0.1) is 0 Å². The third-order valence-corrected chi connectivity index (χ3v) is 5.13. The molecular formula is C16H21BrN2O. The largest absolute Gasteiger partial charge is 0.338 e. The Hall–Kier alpha value is -0.870. The number of piperidine rings is 2. The lowest BCUT2D eigenvalue weighted by Crippen LogP contribution is -2.52. The normalized spacial score (nSPS) is 26.8. The highest BCUT2D eigenvalue weighted by Gasteiger charge is 2.38. The third kappa shape index (κ3) is 2.91. The van der Waals surface area contributed by atoms with Crippen molar-refractivity contribution in [2.75, 3.05) is 26.2 Å². The van der Waals surface area contributed by atoms with E-state index in [4.69, 9.17) is 0 Å². The van der Waals surface area contributed by atoms with Gasteiger partial charge in [0.25, 0.3) is 5.91 Å². The second kappa shape index (κ2) is 5.86. The molecule has 2 saturated heterocycles. The van der Waals surface area contributed by atoms with Crippen LogP contribution in [-0.2, 0) is 0 Å². The van der Waals surface area contributed by atoms with Gasteiger partial charge in [-0.15, -0.1) is 0 Å². The molecule has 0 bridgehead atoms. The lowest BCUT2D eigenvalue weighted by atomic mass is 9.74. The summed E-state index contributed by atoms with van der Waals surface area (Å²) in [4.78, 5) is 14.7. The van der Waals surface area contributed by atoms with E-state index in [1.807, 2.05) is 24.3 Å². The Balaban J connectivity index is 1.73. The van der Waals surface area contributed by atoms with Gasteiger partial charge in [0.1, 0.15) is 0 Å². The van der Waals surface area contributed by atoms with Gasteiger partial charge in [0, 0.05) is 35.1 Å². The fraction of sp³-hybridized carbons (Fsp3) is 0.562. The SMILES string of the molecule is O=C(c1ccc(Br)cc1)N1CCCC2(CCCNC2)C1. The fourth-order valence-electron chi connectivity index (χ4n) is 3.53. The molecule has 4 heteroatoms. The molecule has 1 amide bonds. The molecule has 2 aliphatic heterocycles. The molecule has 1 aromatic carbocycles. The highest BCUT2D eigenvalue weighted by molar-refractivity contribution is 9.10. The number of nitrogens with one attached hydrogen (secondary N) is 1. The first-order chi connectivity index (χ1) is 9.69. The van der Waals surface area contributed by atoms with Crippen LogP contribution in [0.2, 0.25) is 0 Å². The van der Waals surface area contributed by atoms with E-state index in [2.05, 4.69) is 26.1 Å². The number of hydrogen-bond acceptors (Lipinski definition) is 2. The molecule has 0 radical (unpaired) electrons. The summed E-state index contributed by atoms with van der Waals surface area (Å²) in [5.74, 6) is 0.183. The van der Waals surface area contributed by atoms with Crippen LogP contribution in [0.3, 0.4) is 0 Å². The van der Waals surface area contributed by atoms with Crippen LogP contribution in [0.25, 0.3) is 0 Å². The lowest BCUT2D eigenvalue weighted by molar-refractivity contribution is 0.0434. The Morgan fingerprint density at radius 3 is 2.65 bits per heavy atom. The Morgan fingerprint density at radius 2 is 1.95 bits per heavy atom. The molecular weight excluding hydrogens is 316 g/mol. The number of hydrogen-bond donors (Lipinski definition) is 1. The lowest BCUT2D eigenvalue weighted by Gasteiger charge is -2.45. The summed E-state index contributed by atoms with van der Waals surface area (Å²) in [6.07, 6.45) is 4.87. The summed E-state index contributed by atoms with van der Waals surface area (Å²) in [5.41, 5.74) is 1.12. The van der Waals surface area contributed by atoms with Gasteiger partial charge in [-0.05, 0) is 56.5 Å². The van der Waals surface area contributed by atoms with Crippen LogP contribution in [0.1, 0.15) is 36.0 Å². The molecule has 1 N–H and O–H groups in total. The number of likely N-dealkylation sites (tertiary alicyclic amines) is 1. The second-order valence-corrected chi connectivity index (χ2v) is 7.03. The van der Waals surface area contributed by atoms with Crippen molar-refractivity contribution in [3.63, 3.8) is 0 Å². The Labute approximate surface area is 128 Å². The summed E-state index contributed by atoms with van der Waals surface area (Å²) in [6, 6.07) is 7.70. The Morgan fingerprint density at radius 1 is 1.20 bits per heavy atom. The van der Waals surface area contributed by atoms with Crippen LogP contribution in [0.15, 0.2) is 28.7 Å². The number of benzene rings is 1. The monoisotopic (exact) mass is 336 g/mol. The average molecular weight is 337 g/mol. The van der Waals surface area contributed by atoms with Gasteiger partial charge >= 0.3 is 0 Å². The van der Waals surface area contributed by atoms with Crippen molar-refractivity contribution >= 4 is 21.8 Å². The highest BCUT2D eigenvalue weighted by Crippen LogP contribution is 2.36. The zero-order chi connectivity index (χ0) is 14.0. The van der Waals surface area contributed by atoms with E-state index in [0.717, 1.165) is 42.6 Å². The maximum atomic E-state index is 12.6. The van der Waals surface area contributed by atoms with Crippen molar-refractivity contribution in [1.82, 2.24) is 10.2 Å². The van der Waals surface area contributed by atoms with Gasteiger partial charge < -0.3 is 10.2 Å². The summed E-state index contributed by atoms with van der Waals surface area (Å²) < 4.78 is 1.01. The maximum absolute atomic E-state index is 12.6. The maximum Gasteiger partial charge on any atom is 0.253 e. The zero-order valence-electron chi connectivity index (χ0n) is 11.7. The van der Waals surface area contributed by atoms with Crippen molar-refractivity contribution in [3.8, 4) is 0 Å². The summed E-state index contributed by atoms with van der Waals surface area (Å²) in [5, 5.41) is 3.51. The van der Waals surface area contributed by atoms with E-state index in [9.17, 15) is 4.79 Å². The van der Waals surface area contributed by atoms with E-state index >= 15 is 0 Å². The standard InChI is InChI=1S/C16H21BrN2O/c17-14-5-3-13(4-6-14)15(20)19-10-2-8-16(12-19)7-1-9-18-11-16/h3-6,18H,1-2,7-12H2. The van der Waals surface area contributed by atoms with Gasteiger partial charge in [-0.1, -0.05) is 15.9 Å². The van der Waals surface area contributed by atoms with Gasteiger partial charge in [-0.2, -0.15) is 0 Å². The molecule has 2 heterocycles. The summed E-state index contributed by atoms with van der Waals surface area (Å²) in [6.45, 7) is 4.01. The van der Waals surface area contributed by atoms with E-state index in [0.29, 0.717) is 5.41 Å². The van der Waals surface area contributed by atoms with Gasteiger partial charge in [-0.25, -0.2) is 0 Å². The average Bonchev–Trinajstić information content (AvgIpc) is 2.48. The molecule has 1 spiro atoms. The number of rotatable bonds is 1. The molecule has 1 atom stereocenters. The topological polar surface area (TPSA) is 32.3 Å². The van der Waals surface area contributed by atoms with E-state index in [-0.39, 0.29) is 5.91 Å². The molecule has 0 saturated carbocycles. The van der Waals surface area contributed by atoms with Crippen LogP contribution in [0.4, 0.5) is 0 Å². The first-order valence-electron chi connectivity index (χ1n) is 7.44. The Kier molecular flexibility index (Phi) is 4.13. The molecule has 1 aromatic rings. The van der Waals surface area contributed by atoms with Crippen LogP contribution < -0.4 is 5.32 Å². The minimum absolute atomic E-state index is 0.183. The molecule has 3 nitrogen and oxygen atoms in total. The van der Waals surface area contributed by atoms with Gasteiger partial charge in [0.15, 0.2) is 0 Å². The number of carbonyl (C=O) groups excluding carboxylic acids is 1. The van der Waals surface area contributed by atoms with Gasteiger partial charge in [-0.3, -0.25) is 4.79 Å². The number of carbonyl (C=O) groups is 1. The molecule has 3 rings (SSSR count). The number of amides is 1. The van der Waals surface area contributed by atoms with Crippen molar-refractivity contribution in [2.45, 2.75) is 25.7 Å². The van der Waals surface area contributed by atoms with Crippen LogP contribution in [-0.4, -0.2) is 37.0 Å². The van der Waals surface area contributed by atoms with E-state index in [1.165, 1.54) is 19.3 Å². The van der Waals surface area contributed by atoms with Crippen LogP contribution >= 0.6 is 15.9 Å². The first-order valence-corrected chi connectivity index (χ1v) is 8.23. The minimum atomic E-state index is 0.183. The molecule has 1 unspecified atom stereocenters. The number of nitrogens with zero attached hydrogens (tertiary/aromatic N) is 1. The highest BCUT2D eigenvalue weighted by atomic mass is 79.9. The van der Waals surface area contributed by atoms with Crippen molar-refractivity contribution in [3.05, 3.63) is 34.3 Å². The minimum Gasteiger partial charge on any atom is -0.338 e. The van der Waals surface area contributed by atoms with Crippen molar-refractivity contribution in [2.24, 2.45) is 5.41 Å². The van der Waals surface area contributed by atoms with E-state index in [1.54, 1.807) is 0 Å². The van der Waals surface area contributed by atoms with Crippen LogP contribution in [0.5, 0.6) is 0 Å². The summed E-state index contributed by atoms with van der Waals surface area (Å²) in [7, 11) is 0. The predicted molar refractivity (Wildman–Crippen MR) is 83.8 cm³/mol. The molecule has 2 fully saturated rings. The number of halogens is 1. The van der Waals surface area contributed by atoms with Crippen molar-refractivity contribution < 1.29 is 4.79 Å².